The molecule has 4 aromatic heterocycles. The predicted octanol–water partition coefficient (Wildman–Crippen LogP) is 7.31. The molecule has 2 saturated carbocycles. The van der Waals surface area contributed by atoms with Crippen LogP contribution in [-0.2, 0) is 32.5 Å². The number of amides is 2. The van der Waals surface area contributed by atoms with Gasteiger partial charge in [-0.25, -0.2) is 38.7 Å². The van der Waals surface area contributed by atoms with Crippen molar-refractivity contribution < 1.29 is 32.0 Å². The summed E-state index contributed by atoms with van der Waals surface area (Å²) in [6, 6.07) is 29.0. The van der Waals surface area contributed by atoms with Crippen LogP contribution >= 0.6 is 0 Å². The molecule has 0 spiro atoms. The molecule has 2 aliphatic carbocycles. The highest BCUT2D eigenvalue weighted by atomic mass is 32.2. The number of nitrogens with one attached hydrogen (secondary N) is 2. The van der Waals surface area contributed by atoms with E-state index in [-0.39, 0.29) is 35.3 Å². The molecule has 2 aliphatic rings. The van der Waals surface area contributed by atoms with Crippen LogP contribution in [0.4, 0.5) is 22.7 Å². The van der Waals surface area contributed by atoms with Gasteiger partial charge < -0.3 is 39.7 Å². The zero-order chi connectivity index (χ0) is 64.0. The molecule has 0 bridgehead atoms. The molecule has 0 saturated heterocycles. The molecule has 88 heavy (non-hydrogen) atoms. The first-order chi connectivity index (χ1) is 42.0. The summed E-state index contributed by atoms with van der Waals surface area (Å²) in [6.45, 7) is 11.8. The summed E-state index contributed by atoms with van der Waals surface area (Å²) < 4.78 is 44.5. The quantitative estimate of drug-likeness (QED) is 0.0443. The summed E-state index contributed by atoms with van der Waals surface area (Å²) >= 11 is 0. The molecule has 0 atom stereocenters. The van der Waals surface area contributed by atoms with E-state index in [9.17, 15) is 27.6 Å². The zero-order valence-corrected chi connectivity index (χ0v) is 52.3. The Morgan fingerprint density at radius 3 is 1.30 bits per heavy atom. The maximum atomic E-state index is 13.5. The Morgan fingerprint density at radius 2 is 0.989 bits per heavy atom. The summed E-state index contributed by atoms with van der Waals surface area (Å²) in [4.78, 5) is 78.5. The summed E-state index contributed by atoms with van der Waals surface area (Å²) in [6.07, 6.45) is 11.3. The van der Waals surface area contributed by atoms with Crippen LogP contribution in [0.2, 0.25) is 0 Å². The lowest BCUT2D eigenvalue weighted by Crippen LogP contribution is -2.29. The number of carbonyl (C=O) groups excluding carboxylic acids is 2. The van der Waals surface area contributed by atoms with E-state index in [1.54, 1.807) is 53.9 Å². The van der Waals surface area contributed by atoms with Crippen molar-refractivity contribution in [3.63, 3.8) is 0 Å². The number of likely N-dealkylation sites (N-methyl/N-ethyl adjacent to an activating group) is 4. The second-order valence-electron chi connectivity index (χ2n) is 21.6. The van der Waals surface area contributed by atoms with Gasteiger partial charge in [-0.2, -0.15) is 13.7 Å². The number of benzene rings is 4. The first kappa shape index (κ1) is 66.1. The fraction of sp³-hybridized carbons (Fsp3) is 0.349. The first-order valence-corrected chi connectivity index (χ1v) is 30.2. The minimum Gasteiger partial charge on any atom is -0.496 e. The van der Waals surface area contributed by atoms with Gasteiger partial charge in [0, 0.05) is 108 Å². The van der Waals surface area contributed by atoms with E-state index in [0.717, 1.165) is 96.4 Å². The van der Waals surface area contributed by atoms with Crippen molar-refractivity contribution >= 4 is 66.7 Å². The molecule has 2 fully saturated rings. The van der Waals surface area contributed by atoms with Gasteiger partial charge in [0.15, 0.2) is 0 Å². The minimum absolute atomic E-state index is 0.0922. The molecule has 3 N–H and O–H groups in total. The van der Waals surface area contributed by atoms with Gasteiger partial charge in [0.1, 0.15) is 34.8 Å². The Hall–Kier alpha value is -9.48. The van der Waals surface area contributed by atoms with Crippen molar-refractivity contribution in [3.8, 4) is 29.2 Å². The van der Waals surface area contributed by atoms with Crippen molar-refractivity contribution in [1.29, 1.82) is 5.26 Å². The van der Waals surface area contributed by atoms with Crippen LogP contribution in [0.15, 0.2) is 132 Å². The lowest BCUT2D eigenvalue weighted by molar-refractivity contribution is -0.112. The van der Waals surface area contributed by atoms with Crippen molar-refractivity contribution in [2.45, 2.75) is 57.5 Å². The van der Waals surface area contributed by atoms with Crippen molar-refractivity contribution in [2.75, 3.05) is 109 Å². The number of aromatic nitrogens is 8. The smallest absolute Gasteiger partial charge is 0.335 e. The van der Waals surface area contributed by atoms with Gasteiger partial charge in [-0.3, -0.25) is 23.3 Å². The topological polar surface area (TPSA) is 273 Å². The number of methoxy groups -OCH3 is 2. The molecular formula is C63H77N15O9S. The molecule has 2 amide bonds. The Kier molecular flexibility index (Phi) is 22.3. The summed E-state index contributed by atoms with van der Waals surface area (Å²) in [5, 5.41) is 13.2. The second-order valence-corrected chi connectivity index (χ2v) is 23.1. The van der Waals surface area contributed by atoms with E-state index in [0.29, 0.717) is 65.3 Å². The molecule has 4 aromatic carbocycles. The summed E-state index contributed by atoms with van der Waals surface area (Å²) in [7, 11) is 11.6. The first-order valence-electron chi connectivity index (χ1n) is 28.3. The summed E-state index contributed by atoms with van der Waals surface area (Å²) in [5.74, 6) is 2.79. The van der Waals surface area contributed by atoms with E-state index < -0.39 is 10.1 Å². The van der Waals surface area contributed by atoms with E-state index in [1.807, 2.05) is 124 Å². The third-order valence-electron chi connectivity index (χ3n) is 14.2. The fourth-order valence-electron chi connectivity index (χ4n) is 9.72. The van der Waals surface area contributed by atoms with E-state index in [2.05, 4.69) is 53.4 Å². The van der Waals surface area contributed by atoms with Crippen LogP contribution in [0.5, 0.6) is 11.5 Å². The predicted molar refractivity (Wildman–Crippen MR) is 344 cm³/mol. The normalized spacial score (nSPS) is 12.6. The highest BCUT2D eigenvalue weighted by Crippen LogP contribution is 2.39. The van der Waals surface area contributed by atoms with Gasteiger partial charge >= 0.3 is 11.4 Å². The molecule has 8 aromatic rings. The number of carbonyl (C=O) groups is 2. The van der Waals surface area contributed by atoms with Gasteiger partial charge in [0.2, 0.25) is 11.8 Å². The number of anilines is 4. The van der Waals surface area contributed by atoms with Gasteiger partial charge in [0.05, 0.1) is 71.4 Å². The van der Waals surface area contributed by atoms with E-state index in [4.69, 9.17) is 29.3 Å². The van der Waals surface area contributed by atoms with Gasteiger partial charge in [-0.1, -0.05) is 37.4 Å². The number of nitriles is 1. The number of rotatable bonds is 22. The average Bonchev–Trinajstić information content (AvgIpc) is 1.67. The maximum Gasteiger partial charge on any atom is 0.335 e. The Balaban J connectivity index is 0.000000224. The number of hydrogen-bond acceptors (Lipinski definition) is 17. The highest BCUT2D eigenvalue weighted by molar-refractivity contribution is 7.85. The average molecular weight is 1220 g/mol. The number of nitrogens with zero attached hydrogens (tertiary/aromatic N) is 13. The molecule has 24 nitrogen and oxygen atoms in total. The SMILES string of the molecule is C=CC(=O)Nc1cc(Cc2nccc(-n3c(=O)n(C4CC4)c4ccccc43)n2)c(OC)cc1N(C)CCN(C)C.C=CC(=O)Nc1cc(Cc2nccc(-n3c(=O)n(C4CC4)c4ccccc43)n2)c(OC)cc1N(C)CCN(C)C.CC#N.CS(=O)(=O)O. The number of ether oxygens (including phenoxy) is 2. The van der Waals surface area contributed by atoms with Gasteiger partial charge in [-0.15, -0.1) is 0 Å². The molecule has 10 rings (SSSR count). The third-order valence-corrected chi connectivity index (χ3v) is 14.2. The van der Waals surface area contributed by atoms with Crippen LogP contribution in [0.3, 0.4) is 0 Å². The third kappa shape index (κ3) is 16.9. The van der Waals surface area contributed by atoms with E-state index >= 15 is 0 Å². The molecule has 0 unspecified atom stereocenters. The highest BCUT2D eigenvalue weighted by Gasteiger charge is 2.31. The minimum atomic E-state index is -3.67. The lowest BCUT2D eigenvalue weighted by atomic mass is 10.1. The van der Waals surface area contributed by atoms with Crippen LogP contribution in [0.25, 0.3) is 33.7 Å². The molecule has 0 aliphatic heterocycles. The van der Waals surface area contributed by atoms with Crippen LogP contribution < -0.4 is 41.3 Å². The Bertz CT molecular complexity index is 3850. The zero-order valence-electron chi connectivity index (χ0n) is 51.5. The molecular weight excluding hydrogens is 1140 g/mol. The standard InChI is InChI=1S/2C30H35N7O3.C2H3N.CH4O3S/c2*1-6-29(38)32-22-17-20(26(40-5)19-25(22)35(4)16-15-34(2)3)18-27-31-14-13-28(33-27)37-24-10-8-7-9-23(24)36(30(37)39)21-11-12-21;1-2-3;1-5(2,3)4/h2*6-10,13-14,17,19,21H,1,11-12,15-16,18H2,2-5H3,(H,32,38);1H3;1H3,(H,2,3,4). The monoisotopic (exact) mass is 1220 g/mol. The van der Waals surface area contributed by atoms with Crippen molar-refractivity contribution in [1.82, 2.24) is 48.0 Å². The Morgan fingerprint density at radius 1 is 0.648 bits per heavy atom. The van der Waals surface area contributed by atoms with Crippen LogP contribution in [0.1, 0.15) is 67.5 Å². The maximum absolute atomic E-state index is 13.5. The van der Waals surface area contributed by atoms with Crippen LogP contribution in [0, 0.1) is 11.3 Å². The van der Waals surface area contributed by atoms with Crippen LogP contribution in [-0.4, -0.2) is 162 Å². The summed E-state index contributed by atoms with van der Waals surface area (Å²) in [5.41, 5.74) is 7.82. The molecule has 464 valence electrons. The second kappa shape index (κ2) is 29.8. The van der Waals surface area contributed by atoms with Crippen molar-refractivity contribution in [2.24, 2.45) is 0 Å². The largest absolute Gasteiger partial charge is 0.496 e. The molecule has 4 heterocycles. The van der Waals surface area contributed by atoms with Gasteiger partial charge in [0.25, 0.3) is 10.1 Å². The lowest BCUT2D eigenvalue weighted by Gasteiger charge is -2.25. The number of imidazole rings is 2. The van der Waals surface area contributed by atoms with Gasteiger partial charge in [-0.05, 0) is 115 Å². The Labute approximate surface area is 512 Å². The fourth-order valence-corrected chi connectivity index (χ4v) is 9.72. The number of para-hydroxylation sites is 4. The number of hydrogen-bond donors (Lipinski definition) is 3. The van der Waals surface area contributed by atoms with E-state index in [1.165, 1.54) is 19.1 Å². The van der Waals surface area contributed by atoms with Crippen molar-refractivity contribution in [3.05, 3.63) is 166 Å². The molecule has 0 radical (unpaired) electrons. The molecule has 25 heteroatoms. The number of fused-ring (bicyclic) bond motifs is 2.